The van der Waals surface area contributed by atoms with Gasteiger partial charge in [-0.3, -0.25) is 9.59 Å². The van der Waals surface area contributed by atoms with Crippen LogP contribution in [0.25, 0.3) is 0 Å². The predicted molar refractivity (Wildman–Crippen MR) is 116 cm³/mol. The molecule has 0 spiro atoms. The highest BCUT2D eigenvalue weighted by Crippen LogP contribution is 2.41. The molecule has 2 heterocycles. The van der Waals surface area contributed by atoms with Crippen molar-refractivity contribution in [1.82, 2.24) is 9.80 Å². The Balaban J connectivity index is 1.30. The van der Waals surface area contributed by atoms with Crippen LogP contribution in [0, 0.1) is 0 Å². The standard InChI is InChI=1S/C24H28N2O5/c1-24(2)15-18-7-5-9-20(22(18)31-24)30-16-21(27)25-10-12-26(13-11-25)23(28)17-6-4-8-19(14-17)29-3/h4-9,14H,10-13,15-16H2,1-3H3. The van der Waals surface area contributed by atoms with E-state index in [9.17, 15) is 9.59 Å². The van der Waals surface area contributed by atoms with Crippen molar-refractivity contribution in [2.45, 2.75) is 25.9 Å². The molecule has 1 saturated heterocycles. The second-order valence-corrected chi connectivity index (χ2v) is 8.48. The molecule has 164 valence electrons. The summed E-state index contributed by atoms with van der Waals surface area (Å²) in [5, 5.41) is 0. The quantitative estimate of drug-likeness (QED) is 0.738. The molecule has 0 radical (unpaired) electrons. The average molecular weight is 424 g/mol. The van der Waals surface area contributed by atoms with E-state index in [1.807, 2.05) is 38.1 Å². The fourth-order valence-corrected chi connectivity index (χ4v) is 4.03. The third-order valence-corrected chi connectivity index (χ3v) is 5.64. The summed E-state index contributed by atoms with van der Waals surface area (Å²) < 4.78 is 17.0. The third kappa shape index (κ3) is 4.60. The van der Waals surface area contributed by atoms with Gasteiger partial charge in [-0.15, -0.1) is 0 Å². The van der Waals surface area contributed by atoms with Crippen molar-refractivity contribution < 1.29 is 23.8 Å². The lowest BCUT2D eigenvalue weighted by Gasteiger charge is -2.34. The number of nitrogens with zero attached hydrogens (tertiary/aromatic N) is 2. The van der Waals surface area contributed by atoms with Crippen LogP contribution in [-0.4, -0.2) is 67.1 Å². The molecule has 4 rings (SSSR count). The topological polar surface area (TPSA) is 68.3 Å². The predicted octanol–water partition coefficient (Wildman–Crippen LogP) is 2.77. The van der Waals surface area contributed by atoms with Gasteiger partial charge in [0.05, 0.1) is 7.11 Å². The number of piperazine rings is 1. The first kappa shape index (κ1) is 21.0. The van der Waals surface area contributed by atoms with E-state index < -0.39 is 0 Å². The zero-order valence-electron chi connectivity index (χ0n) is 18.2. The van der Waals surface area contributed by atoms with Gasteiger partial charge in [0, 0.05) is 43.7 Å². The van der Waals surface area contributed by atoms with Crippen molar-refractivity contribution in [2.75, 3.05) is 39.9 Å². The van der Waals surface area contributed by atoms with Crippen molar-refractivity contribution in [1.29, 1.82) is 0 Å². The minimum Gasteiger partial charge on any atom is -0.497 e. The van der Waals surface area contributed by atoms with Crippen molar-refractivity contribution in [3.05, 3.63) is 53.6 Å². The number of carbonyl (C=O) groups excluding carboxylic acids is 2. The van der Waals surface area contributed by atoms with Gasteiger partial charge in [-0.1, -0.05) is 18.2 Å². The molecule has 0 atom stereocenters. The van der Waals surface area contributed by atoms with E-state index in [4.69, 9.17) is 14.2 Å². The van der Waals surface area contributed by atoms with E-state index in [1.54, 1.807) is 35.1 Å². The van der Waals surface area contributed by atoms with Crippen LogP contribution >= 0.6 is 0 Å². The molecule has 2 aliphatic heterocycles. The van der Waals surface area contributed by atoms with Crippen molar-refractivity contribution in [3.8, 4) is 17.2 Å². The molecule has 0 aromatic heterocycles. The summed E-state index contributed by atoms with van der Waals surface area (Å²) in [5.74, 6) is 1.83. The number of para-hydroxylation sites is 1. The van der Waals surface area contributed by atoms with E-state index in [1.165, 1.54) is 0 Å². The number of amides is 2. The van der Waals surface area contributed by atoms with Gasteiger partial charge in [-0.2, -0.15) is 0 Å². The minimum absolute atomic E-state index is 0.0515. The first-order valence-electron chi connectivity index (χ1n) is 10.5. The summed E-state index contributed by atoms with van der Waals surface area (Å²) in [6.45, 7) is 5.95. The molecule has 0 bridgehead atoms. The fourth-order valence-electron chi connectivity index (χ4n) is 4.03. The highest BCUT2D eigenvalue weighted by atomic mass is 16.5. The Kier molecular flexibility index (Phi) is 5.76. The molecule has 2 amide bonds. The first-order chi connectivity index (χ1) is 14.9. The van der Waals surface area contributed by atoms with Gasteiger partial charge in [0.25, 0.3) is 11.8 Å². The van der Waals surface area contributed by atoms with Gasteiger partial charge in [-0.05, 0) is 38.1 Å². The van der Waals surface area contributed by atoms with Gasteiger partial charge in [0.2, 0.25) is 0 Å². The fraction of sp³-hybridized carbons (Fsp3) is 0.417. The molecular weight excluding hydrogens is 396 g/mol. The third-order valence-electron chi connectivity index (χ3n) is 5.64. The number of benzene rings is 2. The largest absolute Gasteiger partial charge is 0.497 e. The Bertz CT molecular complexity index is 980. The summed E-state index contributed by atoms with van der Waals surface area (Å²) in [7, 11) is 1.58. The molecule has 0 aliphatic carbocycles. The number of rotatable bonds is 5. The second kappa shape index (κ2) is 8.49. The van der Waals surface area contributed by atoms with Gasteiger partial charge < -0.3 is 24.0 Å². The molecule has 7 heteroatoms. The zero-order valence-corrected chi connectivity index (χ0v) is 18.2. The van der Waals surface area contributed by atoms with E-state index in [0.29, 0.717) is 43.2 Å². The first-order valence-corrected chi connectivity index (χ1v) is 10.5. The molecule has 1 fully saturated rings. The Morgan fingerprint density at radius 3 is 2.48 bits per heavy atom. The SMILES string of the molecule is COc1cccc(C(=O)N2CCN(C(=O)COc3cccc4c3OC(C)(C)C4)CC2)c1. The Hall–Kier alpha value is -3.22. The Labute approximate surface area is 182 Å². The molecule has 31 heavy (non-hydrogen) atoms. The van der Waals surface area contributed by atoms with Gasteiger partial charge in [0.15, 0.2) is 18.1 Å². The molecular formula is C24H28N2O5. The van der Waals surface area contributed by atoms with Gasteiger partial charge in [-0.25, -0.2) is 0 Å². The van der Waals surface area contributed by atoms with Crippen molar-refractivity contribution in [2.24, 2.45) is 0 Å². The molecule has 0 N–H and O–H groups in total. The van der Waals surface area contributed by atoms with Crippen molar-refractivity contribution >= 4 is 11.8 Å². The zero-order chi connectivity index (χ0) is 22.0. The lowest BCUT2D eigenvalue weighted by molar-refractivity contribution is -0.134. The number of fused-ring (bicyclic) bond motifs is 1. The summed E-state index contributed by atoms with van der Waals surface area (Å²) >= 11 is 0. The number of ether oxygens (including phenoxy) is 3. The highest BCUT2D eigenvalue weighted by molar-refractivity contribution is 5.94. The average Bonchev–Trinajstić information content (AvgIpc) is 3.11. The van der Waals surface area contributed by atoms with Gasteiger partial charge >= 0.3 is 0 Å². The number of methoxy groups -OCH3 is 1. The summed E-state index contributed by atoms with van der Waals surface area (Å²) in [5.41, 5.74) is 1.42. The maximum Gasteiger partial charge on any atom is 0.260 e. The van der Waals surface area contributed by atoms with Crippen molar-refractivity contribution in [3.63, 3.8) is 0 Å². The lowest BCUT2D eigenvalue weighted by Crippen LogP contribution is -2.51. The van der Waals surface area contributed by atoms with Crippen LogP contribution in [0.1, 0.15) is 29.8 Å². The van der Waals surface area contributed by atoms with Crippen LogP contribution in [0.2, 0.25) is 0 Å². The van der Waals surface area contributed by atoms with E-state index >= 15 is 0 Å². The maximum atomic E-state index is 12.7. The normalized spacial score (nSPS) is 17.0. The summed E-state index contributed by atoms with van der Waals surface area (Å²) in [6, 6.07) is 12.9. The number of hydrogen-bond acceptors (Lipinski definition) is 5. The second-order valence-electron chi connectivity index (χ2n) is 8.48. The molecule has 0 unspecified atom stereocenters. The van der Waals surface area contributed by atoms with Crippen LogP contribution in [0.3, 0.4) is 0 Å². The van der Waals surface area contributed by atoms with E-state index in [-0.39, 0.29) is 24.0 Å². The molecule has 2 aromatic carbocycles. The lowest BCUT2D eigenvalue weighted by atomic mass is 10.0. The van der Waals surface area contributed by atoms with Gasteiger partial charge in [0.1, 0.15) is 11.4 Å². The molecule has 0 saturated carbocycles. The smallest absolute Gasteiger partial charge is 0.260 e. The molecule has 7 nitrogen and oxygen atoms in total. The minimum atomic E-state index is -0.266. The van der Waals surface area contributed by atoms with Crippen LogP contribution in [-0.2, 0) is 11.2 Å². The Morgan fingerprint density at radius 2 is 1.74 bits per heavy atom. The maximum absolute atomic E-state index is 12.7. The highest BCUT2D eigenvalue weighted by Gasteiger charge is 2.32. The summed E-state index contributed by atoms with van der Waals surface area (Å²) in [4.78, 5) is 28.9. The monoisotopic (exact) mass is 424 g/mol. The van der Waals surface area contributed by atoms with E-state index in [2.05, 4.69) is 0 Å². The van der Waals surface area contributed by atoms with Crippen LogP contribution < -0.4 is 14.2 Å². The summed E-state index contributed by atoms with van der Waals surface area (Å²) in [6.07, 6.45) is 0.816. The number of hydrogen-bond donors (Lipinski definition) is 0. The Morgan fingerprint density at radius 1 is 1.03 bits per heavy atom. The van der Waals surface area contributed by atoms with Crippen LogP contribution in [0.4, 0.5) is 0 Å². The number of carbonyl (C=O) groups is 2. The van der Waals surface area contributed by atoms with E-state index in [0.717, 1.165) is 17.7 Å². The van der Waals surface area contributed by atoms with Crippen LogP contribution in [0.5, 0.6) is 17.2 Å². The molecule has 2 aromatic rings. The van der Waals surface area contributed by atoms with Crippen LogP contribution in [0.15, 0.2) is 42.5 Å². The molecule has 2 aliphatic rings.